The fourth-order valence-electron chi connectivity index (χ4n) is 4.47. The van der Waals surface area contributed by atoms with Crippen molar-refractivity contribution in [1.29, 1.82) is 0 Å². The first-order valence-corrected chi connectivity index (χ1v) is 12.2. The summed E-state index contributed by atoms with van der Waals surface area (Å²) >= 11 is 0. The molecule has 0 amide bonds. The van der Waals surface area contributed by atoms with Gasteiger partial charge in [-0.2, -0.15) is 0 Å². The van der Waals surface area contributed by atoms with Crippen LogP contribution in [0.4, 0.5) is 5.82 Å². The largest absolute Gasteiger partial charge is 0.357 e. The highest BCUT2D eigenvalue weighted by molar-refractivity contribution is 14.0. The first-order chi connectivity index (χ1) is 14.7. The molecule has 2 saturated heterocycles. The Morgan fingerprint density at radius 2 is 1.84 bits per heavy atom. The van der Waals surface area contributed by atoms with E-state index in [1.54, 1.807) is 0 Å². The molecule has 1 aromatic heterocycles. The van der Waals surface area contributed by atoms with Crippen LogP contribution in [0.2, 0.25) is 0 Å². The summed E-state index contributed by atoms with van der Waals surface area (Å²) in [6.07, 6.45) is 10.2. The molecular weight excluding hydrogens is 499 g/mol. The average Bonchev–Trinajstić information content (AvgIpc) is 2.77. The van der Waals surface area contributed by atoms with Gasteiger partial charge in [0.25, 0.3) is 0 Å². The zero-order valence-corrected chi connectivity index (χ0v) is 21.9. The van der Waals surface area contributed by atoms with Gasteiger partial charge in [-0.05, 0) is 84.1 Å². The molecule has 0 spiro atoms. The second-order valence-electron chi connectivity index (χ2n) is 8.77. The Morgan fingerprint density at radius 3 is 2.55 bits per heavy atom. The molecule has 0 aliphatic carbocycles. The number of hydrogen-bond acceptors (Lipinski definition) is 4. The number of aryl methyl sites for hydroxylation is 1. The van der Waals surface area contributed by atoms with Crippen LogP contribution in [0.3, 0.4) is 0 Å². The maximum Gasteiger partial charge on any atom is 0.191 e. The molecule has 6 nitrogen and oxygen atoms in total. The second-order valence-corrected chi connectivity index (χ2v) is 8.77. The van der Waals surface area contributed by atoms with Gasteiger partial charge in [0.15, 0.2) is 5.96 Å². The molecule has 0 unspecified atom stereocenters. The number of hydrogen-bond donors (Lipinski definition) is 2. The van der Waals surface area contributed by atoms with Crippen molar-refractivity contribution in [3.63, 3.8) is 0 Å². The lowest BCUT2D eigenvalue weighted by molar-refractivity contribution is 0.224. The topological polar surface area (TPSA) is 55.8 Å². The van der Waals surface area contributed by atoms with E-state index in [-0.39, 0.29) is 24.0 Å². The number of halogens is 1. The van der Waals surface area contributed by atoms with E-state index in [9.17, 15) is 0 Å². The van der Waals surface area contributed by atoms with Gasteiger partial charge in [-0.15, -0.1) is 24.0 Å². The van der Waals surface area contributed by atoms with Crippen molar-refractivity contribution in [3.05, 3.63) is 23.9 Å². The van der Waals surface area contributed by atoms with Crippen LogP contribution in [-0.2, 0) is 0 Å². The lowest BCUT2D eigenvalue weighted by atomic mass is 10.1. The molecule has 7 heteroatoms. The van der Waals surface area contributed by atoms with E-state index in [0.717, 1.165) is 56.5 Å². The molecule has 2 aliphatic rings. The van der Waals surface area contributed by atoms with Crippen molar-refractivity contribution < 1.29 is 0 Å². The van der Waals surface area contributed by atoms with Crippen LogP contribution >= 0.6 is 24.0 Å². The fraction of sp³-hybridized carbons (Fsp3) is 0.750. The van der Waals surface area contributed by atoms with Crippen LogP contribution in [0.15, 0.2) is 23.2 Å². The Hall–Kier alpha value is -1.09. The van der Waals surface area contributed by atoms with Gasteiger partial charge in [-0.3, -0.25) is 4.99 Å². The predicted molar refractivity (Wildman–Crippen MR) is 143 cm³/mol. The minimum absolute atomic E-state index is 0. The minimum Gasteiger partial charge on any atom is -0.357 e. The Kier molecular flexibility index (Phi) is 12.6. The van der Waals surface area contributed by atoms with Crippen molar-refractivity contribution in [2.45, 2.75) is 71.3 Å². The zero-order chi connectivity index (χ0) is 21.0. The number of anilines is 1. The summed E-state index contributed by atoms with van der Waals surface area (Å²) in [5, 5.41) is 7.09. The summed E-state index contributed by atoms with van der Waals surface area (Å²) in [6, 6.07) is 6.77. The number of rotatable bonds is 9. The summed E-state index contributed by atoms with van der Waals surface area (Å²) in [6.45, 7) is 12.0. The smallest absolute Gasteiger partial charge is 0.191 e. The third-order valence-corrected chi connectivity index (χ3v) is 6.23. The Labute approximate surface area is 206 Å². The number of likely N-dealkylation sites (tertiary alicyclic amines) is 1. The van der Waals surface area contributed by atoms with Crippen LogP contribution in [0, 0.1) is 6.92 Å². The number of piperidine rings is 2. The summed E-state index contributed by atoms with van der Waals surface area (Å²) in [5.74, 6) is 2.10. The molecule has 0 saturated carbocycles. The van der Waals surface area contributed by atoms with Crippen LogP contribution in [0.1, 0.15) is 64.0 Å². The molecule has 2 fully saturated rings. The number of guanidine groups is 1. The molecule has 2 N–H and O–H groups in total. The number of pyridine rings is 1. The highest BCUT2D eigenvalue weighted by Crippen LogP contribution is 2.18. The summed E-state index contributed by atoms with van der Waals surface area (Å²) in [4.78, 5) is 14.5. The van der Waals surface area contributed by atoms with E-state index in [1.807, 2.05) is 0 Å². The molecule has 0 bridgehead atoms. The monoisotopic (exact) mass is 542 g/mol. The van der Waals surface area contributed by atoms with Gasteiger partial charge in [0.2, 0.25) is 0 Å². The average molecular weight is 543 g/mol. The fourth-order valence-corrected chi connectivity index (χ4v) is 4.47. The Bertz CT molecular complexity index is 639. The third-order valence-electron chi connectivity index (χ3n) is 6.23. The lowest BCUT2D eigenvalue weighted by Crippen LogP contribution is -2.49. The Morgan fingerprint density at radius 1 is 1.06 bits per heavy atom. The van der Waals surface area contributed by atoms with Crippen LogP contribution < -0.4 is 15.5 Å². The van der Waals surface area contributed by atoms with Gasteiger partial charge in [-0.1, -0.05) is 18.9 Å². The summed E-state index contributed by atoms with van der Waals surface area (Å²) in [7, 11) is 0. The minimum atomic E-state index is 0. The first kappa shape index (κ1) is 26.2. The van der Waals surface area contributed by atoms with Crippen molar-refractivity contribution in [2.75, 3.05) is 50.7 Å². The number of nitrogens with one attached hydrogen (secondary N) is 2. The standard InChI is InChI=1S/C24H42N6.HI/c1-3-25-24(26-15-6-4-7-16-29-17-8-5-9-18-29)28-22-13-19-30(20-14-22)23-12-10-11-21(2)27-23;/h10-12,22H,3-9,13-20H2,1-2H3,(H2,25,26,28);1H. The molecule has 31 heavy (non-hydrogen) atoms. The van der Waals surface area contributed by atoms with E-state index in [1.165, 1.54) is 58.2 Å². The van der Waals surface area contributed by atoms with Crippen LogP contribution in [0.25, 0.3) is 0 Å². The lowest BCUT2D eigenvalue weighted by Gasteiger charge is -2.34. The van der Waals surface area contributed by atoms with E-state index >= 15 is 0 Å². The number of nitrogens with zero attached hydrogens (tertiary/aromatic N) is 4. The molecule has 0 radical (unpaired) electrons. The van der Waals surface area contributed by atoms with Gasteiger partial charge >= 0.3 is 0 Å². The Balaban J connectivity index is 0.00000341. The maximum absolute atomic E-state index is 4.84. The predicted octanol–water partition coefficient (Wildman–Crippen LogP) is 4.19. The van der Waals surface area contributed by atoms with Gasteiger partial charge in [0, 0.05) is 37.9 Å². The highest BCUT2D eigenvalue weighted by Gasteiger charge is 2.21. The van der Waals surface area contributed by atoms with E-state index in [4.69, 9.17) is 4.99 Å². The van der Waals surface area contributed by atoms with Gasteiger partial charge < -0.3 is 20.4 Å². The molecular formula is C24H43IN6. The maximum atomic E-state index is 4.84. The number of aromatic nitrogens is 1. The third kappa shape index (κ3) is 9.51. The zero-order valence-electron chi connectivity index (χ0n) is 19.6. The van der Waals surface area contributed by atoms with Gasteiger partial charge in [0.05, 0.1) is 0 Å². The molecule has 3 rings (SSSR count). The first-order valence-electron chi connectivity index (χ1n) is 12.2. The molecule has 0 aromatic carbocycles. The van der Waals surface area contributed by atoms with E-state index in [0.29, 0.717) is 6.04 Å². The van der Waals surface area contributed by atoms with Crippen molar-refractivity contribution in [3.8, 4) is 0 Å². The van der Waals surface area contributed by atoms with Crippen LogP contribution in [-0.4, -0.2) is 67.7 Å². The van der Waals surface area contributed by atoms with Gasteiger partial charge in [0.1, 0.15) is 5.82 Å². The molecule has 2 aliphatic heterocycles. The van der Waals surface area contributed by atoms with Crippen molar-refractivity contribution in [2.24, 2.45) is 4.99 Å². The second kappa shape index (κ2) is 14.9. The van der Waals surface area contributed by atoms with Crippen molar-refractivity contribution >= 4 is 35.8 Å². The molecule has 1 aromatic rings. The summed E-state index contributed by atoms with van der Waals surface area (Å²) < 4.78 is 0. The highest BCUT2D eigenvalue weighted by atomic mass is 127. The SMILES string of the molecule is CCNC(=NCCCCCN1CCCCC1)NC1CCN(c2cccc(C)n2)CC1.I. The molecule has 0 atom stereocenters. The quantitative estimate of drug-likeness (QED) is 0.212. The number of aliphatic imine (C=N–C) groups is 1. The van der Waals surface area contributed by atoms with E-state index < -0.39 is 0 Å². The molecule has 3 heterocycles. The van der Waals surface area contributed by atoms with Crippen molar-refractivity contribution in [1.82, 2.24) is 20.5 Å². The van der Waals surface area contributed by atoms with Gasteiger partial charge in [-0.25, -0.2) is 4.98 Å². The molecule has 176 valence electrons. The number of unbranched alkanes of at least 4 members (excludes halogenated alkanes) is 2. The van der Waals surface area contributed by atoms with E-state index in [2.05, 4.69) is 57.5 Å². The normalized spacial score (nSPS) is 18.5. The summed E-state index contributed by atoms with van der Waals surface area (Å²) in [5.41, 5.74) is 1.09. The van der Waals surface area contributed by atoms with Crippen LogP contribution in [0.5, 0.6) is 0 Å².